The van der Waals surface area contributed by atoms with Crippen LogP contribution in [0.25, 0.3) is 11.7 Å². The number of nitrogens with zero attached hydrogens (tertiary/aromatic N) is 4. The molecule has 0 bridgehead atoms. The lowest BCUT2D eigenvalue weighted by Crippen LogP contribution is -2.38. The van der Waals surface area contributed by atoms with Gasteiger partial charge in [-0.3, -0.25) is 4.79 Å². The Hall–Kier alpha value is -2.66. The molecule has 6 heteroatoms. The number of amides is 1. The Morgan fingerprint density at radius 2 is 2.23 bits per heavy atom. The van der Waals surface area contributed by atoms with Crippen LogP contribution in [0.5, 0.6) is 0 Å². The highest BCUT2D eigenvalue weighted by molar-refractivity contribution is 14.1. The van der Waals surface area contributed by atoms with E-state index in [0.717, 1.165) is 29.8 Å². The highest BCUT2D eigenvalue weighted by atomic mass is 127. The topological polar surface area (TPSA) is 61.4 Å². The molecule has 3 rings (SSSR count). The van der Waals surface area contributed by atoms with E-state index in [1.54, 1.807) is 24.2 Å². The first kappa shape index (κ1) is 22.0. The molecule has 1 amide bonds. The maximum absolute atomic E-state index is 13.3. The summed E-state index contributed by atoms with van der Waals surface area (Å²) in [5.41, 5.74) is 2.69. The van der Waals surface area contributed by atoms with Crippen LogP contribution >= 0.6 is 22.6 Å². The molecule has 0 fully saturated rings. The summed E-state index contributed by atoms with van der Waals surface area (Å²) in [4.78, 5) is 19.2. The Balaban J connectivity index is 1.92. The van der Waals surface area contributed by atoms with Crippen LogP contribution in [0, 0.1) is 11.3 Å². The lowest BCUT2D eigenvalue weighted by atomic mass is 9.99. The molecule has 0 N–H and O–H groups in total. The van der Waals surface area contributed by atoms with Gasteiger partial charge in [0.2, 0.25) is 0 Å². The van der Waals surface area contributed by atoms with Crippen molar-refractivity contribution in [3.05, 3.63) is 77.8 Å². The number of pyridine rings is 1. The van der Waals surface area contributed by atoms with E-state index in [9.17, 15) is 10.1 Å². The minimum Gasteiger partial charge on any atom is -0.334 e. The number of carbonyl (C=O) groups is 1. The third-order valence-electron chi connectivity index (χ3n) is 5.15. The number of aromatic nitrogens is 2. The molecule has 154 valence electrons. The van der Waals surface area contributed by atoms with Crippen molar-refractivity contribution in [1.29, 1.82) is 5.26 Å². The van der Waals surface area contributed by atoms with Gasteiger partial charge < -0.3 is 9.30 Å². The summed E-state index contributed by atoms with van der Waals surface area (Å²) in [6.45, 7) is 4.24. The van der Waals surface area contributed by atoms with Crippen molar-refractivity contribution in [2.45, 2.75) is 36.2 Å². The van der Waals surface area contributed by atoms with Gasteiger partial charge in [0.25, 0.3) is 5.91 Å². The van der Waals surface area contributed by atoms with Crippen LogP contribution in [0.1, 0.15) is 32.4 Å². The number of carbonyl (C=O) groups excluding carboxylic acids is 1. The zero-order chi connectivity index (χ0) is 21.7. The maximum Gasteiger partial charge on any atom is 0.264 e. The zero-order valence-corrected chi connectivity index (χ0v) is 19.6. The van der Waals surface area contributed by atoms with E-state index in [1.807, 2.05) is 34.9 Å². The molecule has 1 aliphatic rings. The molecule has 2 heterocycles. The summed E-state index contributed by atoms with van der Waals surface area (Å²) < 4.78 is 1.80. The fourth-order valence-corrected chi connectivity index (χ4v) is 3.89. The lowest BCUT2D eigenvalue weighted by molar-refractivity contribution is -0.126. The van der Waals surface area contributed by atoms with Crippen molar-refractivity contribution < 1.29 is 4.79 Å². The van der Waals surface area contributed by atoms with Crippen molar-refractivity contribution in [2.75, 3.05) is 7.05 Å². The molecule has 1 aliphatic carbocycles. The molecular weight excluding hydrogens is 487 g/mol. The predicted octanol–water partition coefficient (Wildman–Crippen LogP) is 5.11. The first-order valence-corrected chi connectivity index (χ1v) is 11.0. The van der Waals surface area contributed by atoms with Gasteiger partial charge in [0.15, 0.2) is 0 Å². The van der Waals surface area contributed by atoms with Crippen molar-refractivity contribution in [1.82, 2.24) is 14.3 Å². The summed E-state index contributed by atoms with van der Waals surface area (Å²) in [5.74, 6) is -0.284. The zero-order valence-electron chi connectivity index (χ0n) is 17.4. The number of rotatable bonds is 6. The summed E-state index contributed by atoms with van der Waals surface area (Å²) in [6, 6.07) is 7.61. The van der Waals surface area contributed by atoms with Crippen LogP contribution in [0.15, 0.2) is 72.1 Å². The van der Waals surface area contributed by atoms with Gasteiger partial charge in [0, 0.05) is 25.1 Å². The summed E-state index contributed by atoms with van der Waals surface area (Å²) >= 11 is 2.39. The van der Waals surface area contributed by atoms with E-state index >= 15 is 0 Å². The predicted molar refractivity (Wildman–Crippen MR) is 129 cm³/mol. The number of hydrogen-bond acceptors (Lipinski definition) is 3. The second kappa shape index (κ2) is 9.43. The molecule has 30 heavy (non-hydrogen) atoms. The minimum absolute atomic E-state index is 0.0590. The van der Waals surface area contributed by atoms with Crippen LogP contribution in [0.2, 0.25) is 0 Å². The van der Waals surface area contributed by atoms with E-state index in [2.05, 4.69) is 71.8 Å². The minimum atomic E-state index is -0.284. The molecule has 5 nitrogen and oxygen atoms in total. The van der Waals surface area contributed by atoms with Gasteiger partial charge in [-0.25, -0.2) is 4.98 Å². The molecule has 0 radical (unpaired) electrons. The highest BCUT2D eigenvalue weighted by Crippen LogP contribution is 2.28. The smallest absolute Gasteiger partial charge is 0.264 e. The van der Waals surface area contributed by atoms with E-state index in [-0.39, 0.29) is 20.9 Å². The normalized spacial score (nSPS) is 19.8. The van der Waals surface area contributed by atoms with Gasteiger partial charge in [0.05, 0.1) is 9.46 Å². The van der Waals surface area contributed by atoms with E-state index in [1.165, 1.54) is 0 Å². The van der Waals surface area contributed by atoms with Gasteiger partial charge in [-0.05, 0) is 37.1 Å². The van der Waals surface area contributed by atoms with Crippen molar-refractivity contribution in [3.8, 4) is 6.07 Å². The number of imidazole rings is 1. The standard InChI is InChI=1S/C24H25IN4O/c1-4-7-21(18-8-6-12-24(2,25)13-11-18)28(3)23(30)19(17-26)16-20-9-5-10-22-27-14-15-29(20)22/h5-6,8-16,21H,4,7H2,1-3H3/b19-16+. The summed E-state index contributed by atoms with van der Waals surface area (Å²) in [5, 5.41) is 9.73. The number of allylic oxidation sites excluding steroid dienone is 4. The number of alkyl halides is 1. The fourth-order valence-electron chi connectivity index (χ4n) is 3.51. The molecule has 2 unspecified atom stereocenters. The SMILES string of the molecule is CCCC(C1=CC=CC(C)(I)C=C1)N(C)C(=O)/C(C#N)=C/c1cccc2nccn12. The van der Waals surface area contributed by atoms with Crippen LogP contribution < -0.4 is 0 Å². The van der Waals surface area contributed by atoms with Crippen molar-refractivity contribution in [3.63, 3.8) is 0 Å². The Labute approximate surface area is 191 Å². The Morgan fingerprint density at radius 3 is 2.97 bits per heavy atom. The molecule has 2 atom stereocenters. The van der Waals surface area contributed by atoms with Gasteiger partial charge >= 0.3 is 0 Å². The van der Waals surface area contributed by atoms with Crippen LogP contribution in [0.4, 0.5) is 0 Å². The number of nitriles is 1. The highest BCUT2D eigenvalue weighted by Gasteiger charge is 2.25. The van der Waals surface area contributed by atoms with Crippen LogP contribution in [-0.2, 0) is 4.79 Å². The molecule has 0 spiro atoms. The monoisotopic (exact) mass is 512 g/mol. The van der Waals surface area contributed by atoms with Gasteiger partial charge in [-0.1, -0.05) is 72.4 Å². The molecule has 0 aliphatic heterocycles. The Morgan fingerprint density at radius 1 is 1.43 bits per heavy atom. The van der Waals surface area contributed by atoms with E-state index < -0.39 is 0 Å². The Bertz CT molecular complexity index is 1100. The van der Waals surface area contributed by atoms with E-state index in [4.69, 9.17) is 0 Å². The molecule has 2 aromatic rings. The lowest BCUT2D eigenvalue weighted by Gasteiger charge is -2.29. The first-order valence-electron chi connectivity index (χ1n) is 9.95. The van der Waals surface area contributed by atoms with Gasteiger partial charge in [-0.15, -0.1) is 0 Å². The second-order valence-corrected chi connectivity index (χ2v) is 9.83. The molecule has 0 aromatic carbocycles. The van der Waals surface area contributed by atoms with Crippen LogP contribution in [-0.4, -0.2) is 36.7 Å². The third kappa shape index (κ3) is 4.90. The maximum atomic E-state index is 13.3. The first-order chi connectivity index (χ1) is 14.4. The van der Waals surface area contributed by atoms with Crippen molar-refractivity contribution >= 4 is 40.2 Å². The molecular formula is C24H25IN4O. The molecule has 0 saturated carbocycles. The number of likely N-dealkylation sites (N-methyl/N-ethyl adjacent to an activating group) is 1. The Kier molecular flexibility index (Phi) is 6.93. The molecule has 0 saturated heterocycles. The van der Waals surface area contributed by atoms with Gasteiger partial charge in [0.1, 0.15) is 17.3 Å². The summed E-state index contributed by atoms with van der Waals surface area (Å²) in [6.07, 6.45) is 17.4. The van der Waals surface area contributed by atoms with E-state index in [0.29, 0.717) is 0 Å². The van der Waals surface area contributed by atoms with Crippen LogP contribution in [0.3, 0.4) is 0 Å². The summed E-state index contributed by atoms with van der Waals surface area (Å²) in [7, 11) is 1.78. The number of hydrogen-bond donors (Lipinski definition) is 0. The largest absolute Gasteiger partial charge is 0.334 e. The number of fused-ring (bicyclic) bond motifs is 1. The quantitative estimate of drug-likeness (QED) is 0.234. The van der Waals surface area contributed by atoms with Gasteiger partial charge in [-0.2, -0.15) is 5.26 Å². The van der Waals surface area contributed by atoms with Crippen molar-refractivity contribution in [2.24, 2.45) is 0 Å². The molecule has 2 aromatic heterocycles. The second-order valence-electron chi connectivity index (χ2n) is 7.51. The fraction of sp³-hybridized carbons (Fsp3) is 0.292. The average Bonchev–Trinajstić information content (AvgIpc) is 3.14. The third-order valence-corrected chi connectivity index (χ3v) is 5.87. The average molecular weight is 512 g/mol. The number of halogens is 1.